The first kappa shape index (κ1) is 19.7. The zero-order valence-corrected chi connectivity index (χ0v) is 17.0. The van der Waals surface area contributed by atoms with E-state index in [2.05, 4.69) is 9.97 Å². The van der Waals surface area contributed by atoms with E-state index in [1.807, 2.05) is 23.9 Å². The molecule has 1 saturated heterocycles. The number of hydrogen-bond donors (Lipinski definition) is 0. The molecular weight excluding hydrogens is 360 g/mol. The van der Waals surface area contributed by atoms with Crippen LogP contribution in [0.15, 0.2) is 18.3 Å². The average molecular weight is 386 g/mol. The lowest BCUT2D eigenvalue weighted by Crippen LogP contribution is -2.30. The molecule has 0 aliphatic carbocycles. The topological polar surface area (TPSA) is 77.0 Å². The Hall–Kier alpha value is -3.03. The Morgan fingerprint density at radius 3 is 2.14 bits per heavy atom. The number of amides is 1. The SMILES string of the molecule is COc1cc(-c2ncc(C(=O)N3CCCC3)c(N(C)C)n2)cc(OC)c1OC. The normalized spacial score (nSPS) is 13.4. The molecule has 8 nitrogen and oxygen atoms in total. The molecular formula is C20H26N4O4. The van der Waals surface area contributed by atoms with Crippen molar-refractivity contribution in [1.82, 2.24) is 14.9 Å². The van der Waals surface area contributed by atoms with Crippen LogP contribution in [0.25, 0.3) is 11.4 Å². The number of methoxy groups -OCH3 is 3. The Labute approximate surface area is 165 Å². The minimum absolute atomic E-state index is 0.0300. The predicted molar refractivity (Wildman–Crippen MR) is 107 cm³/mol. The monoisotopic (exact) mass is 386 g/mol. The maximum atomic E-state index is 12.9. The standard InChI is InChI=1S/C20H26N4O4/c1-23(2)19-14(20(25)24-8-6-7-9-24)12-21-18(22-19)13-10-15(26-3)17(28-5)16(11-13)27-4/h10-12H,6-9H2,1-5H3. The first-order chi connectivity index (χ1) is 13.5. The van der Waals surface area contributed by atoms with Crippen LogP contribution in [0.5, 0.6) is 17.2 Å². The molecule has 0 spiro atoms. The Balaban J connectivity index is 2.06. The molecule has 0 saturated carbocycles. The van der Waals surface area contributed by atoms with Crippen molar-refractivity contribution in [2.75, 3.05) is 53.4 Å². The number of likely N-dealkylation sites (tertiary alicyclic amines) is 1. The van der Waals surface area contributed by atoms with Crippen molar-refractivity contribution in [2.45, 2.75) is 12.8 Å². The van der Waals surface area contributed by atoms with Crippen molar-refractivity contribution in [3.05, 3.63) is 23.9 Å². The van der Waals surface area contributed by atoms with Crippen molar-refractivity contribution < 1.29 is 19.0 Å². The minimum atomic E-state index is -0.0300. The zero-order chi connectivity index (χ0) is 20.3. The van der Waals surface area contributed by atoms with Crippen molar-refractivity contribution in [1.29, 1.82) is 0 Å². The van der Waals surface area contributed by atoms with Gasteiger partial charge in [0, 0.05) is 38.9 Å². The highest BCUT2D eigenvalue weighted by atomic mass is 16.5. The Bertz CT molecular complexity index is 838. The third-order valence-electron chi connectivity index (χ3n) is 4.74. The quantitative estimate of drug-likeness (QED) is 0.755. The first-order valence-corrected chi connectivity index (χ1v) is 9.14. The summed E-state index contributed by atoms with van der Waals surface area (Å²) in [6.45, 7) is 1.56. The summed E-state index contributed by atoms with van der Waals surface area (Å²) < 4.78 is 16.2. The second-order valence-electron chi connectivity index (χ2n) is 6.74. The van der Waals surface area contributed by atoms with Crippen LogP contribution in [-0.4, -0.2) is 69.3 Å². The molecule has 1 aromatic carbocycles. The summed E-state index contributed by atoms with van der Waals surface area (Å²) in [5.41, 5.74) is 1.21. The summed E-state index contributed by atoms with van der Waals surface area (Å²) in [6, 6.07) is 3.58. The largest absolute Gasteiger partial charge is 0.493 e. The van der Waals surface area contributed by atoms with E-state index in [4.69, 9.17) is 14.2 Å². The third-order valence-corrected chi connectivity index (χ3v) is 4.74. The highest BCUT2D eigenvalue weighted by Gasteiger charge is 2.25. The van der Waals surface area contributed by atoms with Crippen LogP contribution >= 0.6 is 0 Å². The fraction of sp³-hybridized carbons (Fsp3) is 0.450. The maximum Gasteiger partial charge on any atom is 0.259 e. The molecule has 1 fully saturated rings. The van der Waals surface area contributed by atoms with E-state index < -0.39 is 0 Å². The lowest BCUT2D eigenvalue weighted by atomic mass is 10.1. The zero-order valence-electron chi connectivity index (χ0n) is 17.0. The van der Waals surface area contributed by atoms with Gasteiger partial charge in [-0.05, 0) is 25.0 Å². The third kappa shape index (κ3) is 3.67. The highest BCUT2D eigenvalue weighted by Crippen LogP contribution is 2.40. The predicted octanol–water partition coefficient (Wildman–Crippen LogP) is 2.47. The molecule has 0 atom stereocenters. The van der Waals surface area contributed by atoms with Crippen LogP contribution < -0.4 is 19.1 Å². The van der Waals surface area contributed by atoms with Crippen LogP contribution in [0.2, 0.25) is 0 Å². The van der Waals surface area contributed by atoms with E-state index in [-0.39, 0.29) is 5.91 Å². The number of carbonyl (C=O) groups excluding carboxylic acids is 1. The fourth-order valence-electron chi connectivity index (χ4n) is 3.30. The smallest absolute Gasteiger partial charge is 0.259 e. The van der Waals surface area contributed by atoms with E-state index in [0.717, 1.165) is 25.9 Å². The number of aromatic nitrogens is 2. The molecule has 1 amide bonds. The second kappa shape index (κ2) is 8.33. The molecule has 0 bridgehead atoms. The molecule has 0 radical (unpaired) electrons. The number of carbonyl (C=O) groups is 1. The molecule has 0 unspecified atom stereocenters. The lowest BCUT2D eigenvalue weighted by Gasteiger charge is -2.21. The molecule has 1 aromatic heterocycles. The summed E-state index contributed by atoms with van der Waals surface area (Å²) >= 11 is 0. The Morgan fingerprint density at radius 2 is 1.64 bits per heavy atom. The molecule has 28 heavy (non-hydrogen) atoms. The van der Waals surface area contributed by atoms with Gasteiger partial charge in [0.15, 0.2) is 17.3 Å². The van der Waals surface area contributed by atoms with Crippen molar-refractivity contribution in [3.63, 3.8) is 0 Å². The van der Waals surface area contributed by atoms with E-state index >= 15 is 0 Å². The number of benzene rings is 1. The van der Waals surface area contributed by atoms with Crippen LogP contribution in [0.4, 0.5) is 5.82 Å². The van der Waals surface area contributed by atoms with Crippen LogP contribution in [-0.2, 0) is 0 Å². The van der Waals surface area contributed by atoms with Gasteiger partial charge in [-0.3, -0.25) is 4.79 Å². The van der Waals surface area contributed by atoms with Crippen LogP contribution in [0.1, 0.15) is 23.2 Å². The van der Waals surface area contributed by atoms with Gasteiger partial charge in [0.2, 0.25) is 5.75 Å². The van der Waals surface area contributed by atoms with E-state index in [0.29, 0.717) is 40.0 Å². The molecule has 8 heteroatoms. The molecule has 150 valence electrons. The fourth-order valence-corrected chi connectivity index (χ4v) is 3.30. The minimum Gasteiger partial charge on any atom is -0.493 e. The molecule has 1 aliphatic rings. The highest BCUT2D eigenvalue weighted by molar-refractivity contribution is 5.99. The van der Waals surface area contributed by atoms with E-state index in [1.54, 1.807) is 39.7 Å². The number of anilines is 1. The molecule has 1 aliphatic heterocycles. The lowest BCUT2D eigenvalue weighted by molar-refractivity contribution is 0.0792. The van der Waals surface area contributed by atoms with Gasteiger partial charge >= 0.3 is 0 Å². The molecule has 2 heterocycles. The summed E-state index contributed by atoms with van der Waals surface area (Å²) in [7, 11) is 8.40. The summed E-state index contributed by atoms with van der Waals surface area (Å²) in [5, 5.41) is 0. The summed E-state index contributed by atoms with van der Waals surface area (Å²) in [4.78, 5) is 25.7. The molecule has 2 aromatic rings. The average Bonchev–Trinajstić information content (AvgIpc) is 3.26. The number of ether oxygens (including phenoxy) is 3. The van der Waals surface area contributed by atoms with Gasteiger partial charge in [-0.2, -0.15) is 0 Å². The number of rotatable bonds is 6. The number of hydrogen-bond acceptors (Lipinski definition) is 7. The van der Waals surface area contributed by atoms with Crippen LogP contribution in [0.3, 0.4) is 0 Å². The summed E-state index contributed by atoms with van der Waals surface area (Å²) in [6.07, 6.45) is 3.67. The van der Waals surface area contributed by atoms with Gasteiger partial charge in [-0.1, -0.05) is 0 Å². The Morgan fingerprint density at radius 1 is 1.04 bits per heavy atom. The van der Waals surface area contributed by atoms with Gasteiger partial charge < -0.3 is 24.0 Å². The van der Waals surface area contributed by atoms with E-state index in [1.165, 1.54) is 0 Å². The molecule has 0 N–H and O–H groups in total. The number of nitrogens with zero attached hydrogens (tertiary/aromatic N) is 4. The first-order valence-electron chi connectivity index (χ1n) is 9.14. The molecule has 3 rings (SSSR count). The van der Waals surface area contributed by atoms with Gasteiger partial charge in [0.05, 0.1) is 21.3 Å². The van der Waals surface area contributed by atoms with Crippen molar-refractivity contribution >= 4 is 11.7 Å². The van der Waals surface area contributed by atoms with Gasteiger partial charge in [0.25, 0.3) is 5.91 Å². The van der Waals surface area contributed by atoms with Gasteiger partial charge in [-0.25, -0.2) is 9.97 Å². The van der Waals surface area contributed by atoms with Gasteiger partial charge in [-0.15, -0.1) is 0 Å². The summed E-state index contributed by atoms with van der Waals surface area (Å²) in [5.74, 6) is 2.56. The van der Waals surface area contributed by atoms with Crippen molar-refractivity contribution in [3.8, 4) is 28.6 Å². The van der Waals surface area contributed by atoms with Crippen molar-refractivity contribution in [2.24, 2.45) is 0 Å². The maximum absolute atomic E-state index is 12.9. The Kier molecular flexibility index (Phi) is 5.87. The van der Waals surface area contributed by atoms with E-state index in [9.17, 15) is 4.79 Å². The van der Waals surface area contributed by atoms with Crippen LogP contribution in [0, 0.1) is 0 Å². The van der Waals surface area contributed by atoms with Gasteiger partial charge in [0.1, 0.15) is 11.4 Å². The second-order valence-corrected chi connectivity index (χ2v) is 6.74.